The van der Waals surface area contributed by atoms with Crippen LogP contribution in [0.1, 0.15) is 6.42 Å². The first-order valence-electron chi connectivity index (χ1n) is 5.96. The van der Waals surface area contributed by atoms with Gasteiger partial charge in [-0.05, 0) is 18.3 Å². The second kappa shape index (κ2) is 3.65. The zero-order chi connectivity index (χ0) is 12.2. The van der Waals surface area contributed by atoms with Crippen molar-refractivity contribution in [3.05, 3.63) is 12.2 Å². The van der Waals surface area contributed by atoms with Gasteiger partial charge in [-0.1, -0.05) is 12.2 Å². The molecule has 2 N–H and O–H groups in total. The molecule has 0 aromatic rings. The van der Waals surface area contributed by atoms with E-state index in [0.717, 1.165) is 11.3 Å². The van der Waals surface area contributed by atoms with E-state index in [2.05, 4.69) is 0 Å². The molecular weight excluding hydrogens is 222 g/mol. The highest BCUT2D eigenvalue weighted by Crippen LogP contribution is 2.52. The van der Waals surface area contributed by atoms with E-state index in [1.807, 2.05) is 12.2 Å². The maximum absolute atomic E-state index is 12.1. The Labute approximate surface area is 98.7 Å². The number of amides is 2. The van der Waals surface area contributed by atoms with Gasteiger partial charge in [0, 0.05) is 0 Å². The fraction of sp³-hybridized carbons (Fsp3) is 0.667. The van der Waals surface area contributed by atoms with Gasteiger partial charge < -0.3 is 10.2 Å². The van der Waals surface area contributed by atoms with Crippen LogP contribution in [-0.2, 0) is 9.59 Å². The Morgan fingerprint density at radius 2 is 1.76 bits per heavy atom. The lowest BCUT2D eigenvalue weighted by Gasteiger charge is -2.19. The van der Waals surface area contributed by atoms with Gasteiger partial charge >= 0.3 is 0 Å². The number of aliphatic hydroxyl groups excluding tert-OH is 2. The average Bonchev–Trinajstić information content (AvgIpc) is 2.98. The smallest absolute Gasteiger partial charge is 0.233 e. The normalized spacial score (nSPS) is 40.2. The maximum Gasteiger partial charge on any atom is 0.233 e. The Kier molecular flexibility index (Phi) is 2.34. The first-order chi connectivity index (χ1) is 8.13. The summed E-state index contributed by atoms with van der Waals surface area (Å²) in [4.78, 5) is 25.4. The zero-order valence-electron chi connectivity index (χ0n) is 9.32. The molecule has 1 aliphatic heterocycles. The molecule has 5 unspecified atom stereocenters. The molecule has 5 heteroatoms. The molecule has 3 aliphatic rings. The van der Waals surface area contributed by atoms with E-state index in [9.17, 15) is 14.7 Å². The predicted molar refractivity (Wildman–Crippen MR) is 57.5 cm³/mol. The summed E-state index contributed by atoms with van der Waals surface area (Å²) in [6.45, 7) is -0.516. The number of hydrogen-bond donors (Lipinski definition) is 2. The Morgan fingerprint density at radius 3 is 2.24 bits per heavy atom. The summed E-state index contributed by atoms with van der Waals surface area (Å²) >= 11 is 0. The molecule has 2 aliphatic carbocycles. The lowest BCUT2D eigenvalue weighted by atomic mass is 9.85. The summed E-state index contributed by atoms with van der Waals surface area (Å²) in [7, 11) is 0. The van der Waals surface area contributed by atoms with Gasteiger partial charge in [0.2, 0.25) is 11.8 Å². The van der Waals surface area contributed by atoms with Crippen LogP contribution in [0.3, 0.4) is 0 Å². The van der Waals surface area contributed by atoms with Crippen LogP contribution in [0.5, 0.6) is 0 Å². The van der Waals surface area contributed by atoms with Crippen molar-refractivity contribution in [1.29, 1.82) is 0 Å². The Bertz CT molecular complexity index is 375. The van der Waals surface area contributed by atoms with Crippen molar-refractivity contribution in [3.63, 3.8) is 0 Å². The molecule has 0 aromatic heterocycles. The summed E-state index contributed by atoms with van der Waals surface area (Å²) in [5, 5.41) is 18.1. The van der Waals surface area contributed by atoms with E-state index in [4.69, 9.17) is 5.11 Å². The van der Waals surface area contributed by atoms with E-state index in [1.54, 1.807) is 0 Å². The predicted octanol–water partition coefficient (Wildman–Crippen LogP) is -0.853. The van der Waals surface area contributed by atoms with Crippen LogP contribution in [0, 0.1) is 23.7 Å². The lowest BCUT2D eigenvalue weighted by molar-refractivity contribution is -0.142. The number of fused-ring (bicyclic) bond motifs is 5. The molecule has 3 rings (SSSR count). The molecule has 1 heterocycles. The number of carbonyl (C=O) groups is 2. The second-order valence-electron chi connectivity index (χ2n) is 5.12. The van der Waals surface area contributed by atoms with Gasteiger partial charge in [0.05, 0.1) is 31.1 Å². The van der Waals surface area contributed by atoms with Gasteiger partial charge in [0.15, 0.2) is 0 Å². The fourth-order valence-electron chi connectivity index (χ4n) is 3.41. The van der Waals surface area contributed by atoms with E-state index in [1.165, 1.54) is 0 Å². The number of rotatable bonds is 3. The highest BCUT2D eigenvalue weighted by molar-refractivity contribution is 6.06. The quantitative estimate of drug-likeness (QED) is 0.495. The highest BCUT2D eigenvalue weighted by atomic mass is 16.3. The van der Waals surface area contributed by atoms with Gasteiger partial charge in [-0.15, -0.1) is 0 Å². The van der Waals surface area contributed by atoms with Gasteiger partial charge in [-0.25, -0.2) is 0 Å². The van der Waals surface area contributed by atoms with Crippen LogP contribution in [0.4, 0.5) is 0 Å². The first kappa shape index (κ1) is 10.9. The largest absolute Gasteiger partial charge is 0.394 e. The Balaban J connectivity index is 1.83. The van der Waals surface area contributed by atoms with Crippen molar-refractivity contribution >= 4 is 11.8 Å². The topological polar surface area (TPSA) is 77.8 Å². The number of nitrogens with zero attached hydrogens (tertiary/aromatic N) is 1. The molecule has 5 atom stereocenters. The maximum atomic E-state index is 12.1. The molecular formula is C12H15NO4. The molecule has 2 fully saturated rings. The minimum atomic E-state index is -1.03. The number of allylic oxidation sites excluding steroid dienone is 2. The molecule has 92 valence electrons. The summed E-state index contributed by atoms with van der Waals surface area (Å²) in [5.41, 5.74) is 0. The monoisotopic (exact) mass is 237 g/mol. The average molecular weight is 237 g/mol. The van der Waals surface area contributed by atoms with Crippen molar-refractivity contribution < 1.29 is 19.8 Å². The van der Waals surface area contributed by atoms with E-state index in [-0.39, 0.29) is 42.0 Å². The number of hydrogen-bond acceptors (Lipinski definition) is 4. The Morgan fingerprint density at radius 1 is 1.24 bits per heavy atom. The standard InChI is InChI=1S/C12H15NO4/c14-5-8(15)4-13-11(16)9-6-1-2-7(3-6)10(9)12(13)17/h1-2,6-10,14-15H,3-5H2. The number of imide groups is 1. The van der Waals surface area contributed by atoms with Crippen molar-refractivity contribution in [2.75, 3.05) is 13.2 Å². The van der Waals surface area contributed by atoms with Crippen LogP contribution in [0.2, 0.25) is 0 Å². The SMILES string of the molecule is O=C1C2C3C=CC(C3)C2C(=O)N1CC(O)CO. The summed E-state index contributed by atoms with van der Waals surface area (Å²) in [6.07, 6.45) is 3.93. The van der Waals surface area contributed by atoms with E-state index in [0.29, 0.717) is 0 Å². The van der Waals surface area contributed by atoms with Crippen LogP contribution in [0.15, 0.2) is 12.2 Å². The molecule has 17 heavy (non-hydrogen) atoms. The highest BCUT2D eigenvalue weighted by Gasteiger charge is 2.59. The number of β-amino-alcohol motifs (C(OH)–C–C–N with tert-alkyl or cyclic N) is 1. The van der Waals surface area contributed by atoms with Gasteiger partial charge in [0.1, 0.15) is 0 Å². The van der Waals surface area contributed by atoms with E-state index < -0.39 is 12.7 Å². The molecule has 0 spiro atoms. The third kappa shape index (κ3) is 1.39. The number of aliphatic hydroxyl groups is 2. The third-order valence-electron chi connectivity index (χ3n) is 4.17. The molecule has 0 aromatic carbocycles. The molecule has 0 radical (unpaired) electrons. The van der Waals surface area contributed by atoms with Crippen molar-refractivity contribution in [2.24, 2.45) is 23.7 Å². The zero-order valence-corrected chi connectivity index (χ0v) is 9.32. The number of likely N-dealkylation sites (tertiary alicyclic amines) is 1. The van der Waals surface area contributed by atoms with Crippen LogP contribution < -0.4 is 0 Å². The summed E-state index contributed by atoms with van der Waals surface area (Å²) in [6, 6.07) is 0. The number of carbonyl (C=O) groups excluding carboxylic acids is 2. The minimum Gasteiger partial charge on any atom is -0.394 e. The molecule has 1 saturated heterocycles. The van der Waals surface area contributed by atoms with Crippen molar-refractivity contribution in [1.82, 2.24) is 4.90 Å². The third-order valence-corrected chi connectivity index (χ3v) is 4.17. The van der Waals surface area contributed by atoms with Crippen LogP contribution >= 0.6 is 0 Å². The molecule has 5 nitrogen and oxygen atoms in total. The first-order valence-corrected chi connectivity index (χ1v) is 5.96. The Hall–Kier alpha value is -1.20. The lowest BCUT2D eigenvalue weighted by Crippen LogP contribution is -2.40. The second-order valence-corrected chi connectivity index (χ2v) is 5.12. The summed E-state index contributed by atoms with van der Waals surface area (Å²) < 4.78 is 0. The molecule has 2 amide bonds. The van der Waals surface area contributed by atoms with Crippen LogP contribution in [-0.4, -0.2) is 46.2 Å². The minimum absolute atomic E-state index is 0.0827. The van der Waals surface area contributed by atoms with Crippen LogP contribution in [0.25, 0.3) is 0 Å². The molecule has 1 saturated carbocycles. The van der Waals surface area contributed by atoms with E-state index >= 15 is 0 Å². The molecule has 2 bridgehead atoms. The van der Waals surface area contributed by atoms with Gasteiger partial charge in [-0.3, -0.25) is 14.5 Å². The van der Waals surface area contributed by atoms with Crippen molar-refractivity contribution in [3.8, 4) is 0 Å². The van der Waals surface area contributed by atoms with Gasteiger partial charge in [-0.2, -0.15) is 0 Å². The summed E-state index contributed by atoms with van der Waals surface area (Å²) in [5.74, 6) is -0.407. The van der Waals surface area contributed by atoms with Gasteiger partial charge in [0.25, 0.3) is 0 Å². The fourth-order valence-corrected chi connectivity index (χ4v) is 3.41. The van der Waals surface area contributed by atoms with Crippen molar-refractivity contribution in [2.45, 2.75) is 12.5 Å².